The number of fused-ring (bicyclic) bond motifs is 1. The van der Waals surface area contributed by atoms with Crippen molar-refractivity contribution in [1.29, 1.82) is 0 Å². The van der Waals surface area contributed by atoms with Crippen LogP contribution >= 0.6 is 22.7 Å². The van der Waals surface area contributed by atoms with E-state index in [4.69, 9.17) is 5.73 Å². The van der Waals surface area contributed by atoms with E-state index in [1.165, 1.54) is 20.7 Å². The van der Waals surface area contributed by atoms with E-state index in [2.05, 4.69) is 5.32 Å². The predicted molar refractivity (Wildman–Crippen MR) is 65.7 cm³/mol. The zero-order valence-corrected chi connectivity index (χ0v) is 9.95. The Bertz CT molecular complexity index is 446. The van der Waals surface area contributed by atoms with Gasteiger partial charge in [-0.2, -0.15) is 0 Å². The zero-order valence-electron chi connectivity index (χ0n) is 8.32. The van der Waals surface area contributed by atoms with Gasteiger partial charge < -0.3 is 11.1 Å². The topological polar surface area (TPSA) is 55.1 Å². The molecule has 0 saturated heterocycles. The largest absolute Gasteiger partial charge is 0.348 e. The molecule has 0 saturated carbocycles. The highest BCUT2D eigenvalue weighted by Crippen LogP contribution is 2.29. The van der Waals surface area contributed by atoms with Crippen LogP contribution in [0, 0.1) is 0 Å². The van der Waals surface area contributed by atoms with Crippen LogP contribution in [0.25, 0.3) is 9.40 Å². The van der Waals surface area contributed by atoms with Gasteiger partial charge in [-0.05, 0) is 24.4 Å². The summed E-state index contributed by atoms with van der Waals surface area (Å²) in [6.45, 7) is 2.36. The van der Waals surface area contributed by atoms with E-state index in [9.17, 15) is 4.79 Å². The molecule has 3 N–H and O–H groups in total. The lowest BCUT2D eigenvalue weighted by atomic mass is 10.3. The van der Waals surface area contributed by atoms with Crippen molar-refractivity contribution < 1.29 is 4.79 Å². The summed E-state index contributed by atoms with van der Waals surface area (Å²) in [6, 6.07) is 3.99. The third-order valence-corrected chi connectivity index (χ3v) is 4.19. The Balaban J connectivity index is 2.17. The van der Waals surface area contributed by atoms with E-state index in [-0.39, 0.29) is 11.9 Å². The van der Waals surface area contributed by atoms with Crippen molar-refractivity contribution in [1.82, 2.24) is 5.32 Å². The first kappa shape index (κ1) is 10.6. The van der Waals surface area contributed by atoms with Gasteiger partial charge in [0, 0.05) is 22.0 Å². The molecule has 0 aliphatic rings. The minimum atomic E-state index is -0.0265. The van der Waals surface area contributed by atoms with Gasteiger partial charge in [-0.3, -0.25) is 4.79 Å². The Morgan fingerprint density at radius 2 is 2.40 bits per heavy atom. The maximum Gasteiger partial charge on any atom is 0.261 e. The van der Waals surface area contributed by atoms with Crippen molar-refractivity contribution in [3.8, 4) is 0 Å². The first-order valence-corrected chi connectivity index (χ1v) is 6.38. The van der Waals surface area contributed by atoms with Crippen LogP contribution in [0.5, 0.6) is 0 Å². The smallest absolute Gasteiger partial charge is 0.261 e. The molecule has 0 radical (unpaired) electrons. The fraction of sp³-hybridized carbons (Fsp3) is 0.300. The van der Waals surface area contributed by atoms with E-state index in [1.54, 1.807) is 11.3 Å². The van der Waals surface area contributed by atoms with Crippen molar-refractivity contribution in [2.45, 2.75) is 13.0 Å². The molecule has 15 heavy (non-hydrogen) atoms. The van der Waals surface area contributed by atoms with Crippen molar-refractivity contribution in [2.24, 2.45) is 5.73 Å². The molecule has 0 aliphatic heterocycles. The Labute approximate surface area is 95.9 Å². The van der Waals surface area contributed by atoms with E-state index in [1.807, 2.05) is 24.4 Å². The molecule has 1 unspecified atom stereocenters. The van der Waals surface area contributed by atoms with E-state index < -0.39 is 0 Å². The molecule has 0 spiro atoms. The van der Waals surface area contributed by atoms with Crippen LogP contribution in [-0.2, 0) is 0 Å². The first-order valence-electron chi connectivity index (χ1n) is 4.68. The molecule has 2 rings (SSSR count). The third kappa shape index (κ3) is 2.19. The van der Waals surface area contributed by atoms with Gasteiger partial charge in [0.2, 0.25) is 0 Å². The second kappa shape index (κ2) is 4.30. The lowest BCUT2D eigenvalue weighted by Gasteiger charge is -2.09. The Hall–Kier alpha value is -0.910. The van der Waals surface area contributed by atoms with Gasteiger partial charge in [-0.25, -0.2) is 0 Å². The molecule has 0 aromatic carbocycles. The molecule has 80 valence electrons. The number of thiophene rings is 2. The number of hydrogen-bond donors (Lipinski definition) is 2. The van der Waals surface area contributed by atoms with Crippen LogP contribution in [0.4, 0.5) is 0 Å². The van der Waals surface area contributed by atoms with Crippen molar-refractivity contribution in [3.05, 3.63) is 22.4 Å². The molecular formula is C10H12N2OS2. The van der Waals surface area contributed by atoms with Gasteiger partial charge in [0.25, 0.3) is 5.91 Å². The summed E-state index contributed by atoms with van der Waals surface area (Å²) in [5.74, 6) is -0.0265. The molecule has 1 atom stereocenters. The van der Waals surface area contributed by atoms with Crippen LogP contribution in [0.15, 0.2) is 17.5 Å². The number of nitrogens with one attached hydrogen (secondary N) is 1. The normalized spacial score (nSPS) is 12.9. The number of carbonyl (C=O) groups is 1. The quantitative estimate of drug-likeness (QED) is 0.862. The Morgan fingerprint density at radius 1 is 1.60 bits per heavy atom. The van der Waals surface area contributed by atoms with Gasteiger partial charge in [0.1, 0.15) is 0 Å². The van der Waals surface area contributed by atoms with Gasteiger partial charge in [0.05, 0.1) is 4.88 Å². The Kier molecular flexibility index (Phi) is 3.04. The maximum atomic E-state index is 11.7. The maximum absolute atomic E-state index is 11.7. The van der Waals surface area contributed by atoms with Crippen LogP contribution < -0.4 is 11.1 Å². The number of carbonyl (C=O) groups excluding carboxylic acids is 1. The SMILES string of the molecule is CC(CN)NC(=O)c1cc2sccc2s1. The number of rotatable bonds is 3. The summed E-state index contributed by atoms with van der Waals surface area (Å²) >= 11 is 3.18. The number of hydrogen-bond acceptors (Lipinski definition) is 4. The van der Waals surface area contributed by atoms with Gasteiger partial charge in [0.15, 0.2) is 0 Å². The molecule has 3 nitrogen and oxygen atoms in total. The molecule has 0 fully saturated rings. The molecule has 2 heterocycles. The second-order valence-electron chi connectivity index (χ2n) is 3.37. The van der Waals surface area contributed by atoms with Gasteiger partial charge in [-0.15, -0.1) is 22.7 Å². The lowest BCUT2D eigenvalue weighted by molar-refractivity contribution is 0.0945. The van der Waals surface area contributed by atoms with Crippen LogP contribution in [0.3, 0.4) is 0 Å². The van der Waals surface area contributed by atoms with Gasteiger partial charge in [-0.1, -0.05) is 0 Å². The third-order valence-electron chi connectivity index (χ3n) is 2.09. The fourth-order valence-corrected chi connectivity index (χ4v) is 3.24. The predicted octanol–water partition coefficient (Wildman–Crippen LogP) is 2.04. The lowest BCUT2D eigenvalue weighted by Crippen LogP contribution is -2.37. The first-order chi connectivity index (χ1) is 7.20. The van der Waals surface area contributed by atoms with Crippen LogP contribution in [0.2, 0.25) is 0 Å². The highest BCUT2D eigenvalue weighted by molar-refractivity contribution is 7.27. The summed E-state index contributed by atoms with van der Waals surface area (Å²) < 4.78 is 2.34. The summed E-state index contributed by atoms with van der Waals surface area (Å²) in [6.07, 6.45) is 0. The molecule has 2 aromatic rings. The van der Waals surface area contributed by atoms with E-state index in [0.29, 0.717) is 6.54 Å². The molecule has 2 aromatic heterocycles. The second-order valence-corrected chi connectivity index (χ2v) is 5.40. The van der Waals surface area contributed by atoms with Crippen molar-refractivity contribution >= 4 is 38.0 Å². The molecule has 1 amide bonds. The monoisotopic (exact) mass is 240 g/mol. The number of amides is 1. The fourth-order valence-electron chi connectivity index (χ4n) is 1.23. The van der Waals surface area contributed by atoms with E-state index in [0.717, 1.165) is 4.88 Å². The van der Waals surface area contributed by atoms with Crippen LogP contribution in [-0.4, -0.2) is 18.5 Å². The minimum absolute atomic E-state index is 0.0256. The highest BCUT2D eigenvalue weighted by Gasteiger charge is 2.12. The molecular weight excluding hydrogens is 228 g/mol. The number of nitrogens with two attached hydrogens (primary N) is 1. The van der Waals surface area contributed by atoms with Crippen molar-refractivity contribution in [3.63, 3.8) is 0 Å². The molecule has 5 heteroatoms. The summed E-state index contributed by atoms with van der Waals surface area (Å²) in [4.78, 5) is 12.5. The average molecular weight is 240 g/mol. The van der Waals surface area contributed by atoms with Gasteiger partial charge >= 0.3 is 0 Å². The summed E-state index contributed by atoms with van der Waals surface area (Å²) in [7, 11) is 0. The molecule has 0 bridgehead atoms. The zero-order chi connectivity index (χ0) is 10.8. The van der Waals surface area contributed by atoms with Crippen LogP contribution in [0.1, 0.15) is 16.6 Å². The highest BCUT2D eigenvalue weighted by atomic mass is 32.1. The summed E-state index contributed by atoms with van der Waals surface area (Å²) in [5.41, 5.74) is 5.44. The average Bonchev–Trinajstić information content (AvgIpc) is 2.76. The Morgan fingerprint density at radius 3 is 3.07 bits per heavy atom. The molecule has 0 aliphatic carbocycles. The summed E-state index contributed by atoms with van der Waals surface area (Å²) in [5, 5.41) is 4.88. The van der Waals surface area contributed by atoms with E-state index >= 15 is 0 Å². The standard InChI is InChI=1S/C10H12N2OS2/c1-6(5-11)12-10(13)9-4-8-7(15-9)2-3-14-8/h2-4,6H,5,11H2,1H3,(H,12,13). The van der Waals surface area contributed by atoms with Crippen molar-refractivity contribution in [2.75, 3.05) is 6.54 Å². The minimum Gasteiger partial charge on any atom is -0.348 e.